The largest absolute Gasteiger partial charge is 0.385 e. The number of carbonyl (C=O) groups excluding carboxylic acids is 3. The molecule has 3 amide bonds. The second kappa shape index (κ2) is 9.32. The Morgan fingerprint density at radius 2 is 1.87 bits per heavy atom. The summed E-state index contributed by atoms with van der Waals surface area (Å²) in [5.74, 6) is -3.53. The Hall–Kier alpha value is -4.52. The summed E-state index contributed by atoms with van der Waals surface area (Å²) in [6.45, 7) is 1.80. The van der Waals surface area contributed by atoms with Crippen molar-refractivity contribution in [2.24, 2.45) is 21.9 Å². The number of hydrogen-bond acceptors (Lipinski definition) is 7. The van der Waals surface area contributed by atoms with Crippen LogP contribution in [0.2, 0.25) is 0 Å². The molecule has 1 heterocycles. The molecule has 0 saturated carbocycles. The average Bonchev–Trinajstić information content (AvgIpc) is 3.05. The van der Waals surface area contributed by atoms with E-state index in [-0.39, 0.29) is 11.5 Å². The van der Waals surface area contributed by atoms with Crippen LogP contribution in [0, 0.1) is 24.2 Å². The van der Waals surface area contributed by atoms with Crippen LogP contribution in [-0.4, -0.2) is 29.3 Å². The highest BCUT2D eigenvalue weighted by atomic mass is 16.2. The Labute approximate surface area is 178 Å². The van der Waals surface area contributed by atoms with E-state index in [1.807, 2.05) is 6.07 Å². The molecule has 1 atom stereocenters. The zero-order valence-corrected chi connectivity index (χ0v) is 16.6. The first-order valence-electron chi connectivity index (χ1n) is 9.25. The molecule has 0 aromatic heterocycles. The summed E-state index contributed by atoms with van der Waals surface area (Å²) in [7, 11) is 0. The fourth-order valence-corrected chi connectivity index (χ4v) is 2.86. The van der Waals surface area contributed by atoms with Gasteiger partial charge in [-0.3, -0.25) is 14.4 Å². The topological polar surface area (TPSA) is 153 Å². The summed E-state index contributed by atoms with van der Waals surface area (Å²) in [4.78, 5) is 37.8. The highest BCUT2D eigenvalue weighted by molar-refractivity contribution is 6.52. The van der Waals surface area contributed by atoms with Gasteiger partial charge in [-0.05, 0) is 30.7 Å². The lowest BCUT2D eigenvalue weighted by atomic mass is 10.0. The number of anilines is 2. The Bertz CT molecular complexity index is 1120. The molecule has 10 heteroatoms. The third-order valence-corrected chi connectivity index (χ3v) is 4.41. The van der Waals surface area contributed by atoms with Gasteiger partial charge in [-0.1, -0.05) is 36.4 Å². The molecule has 0 bridgehead atoms. The maximum Gasteiger partial charge on any atom is 0.273 e. The molecule has 1 unspecified atom stereocenters. The second-order valence-electron chi connectivity index (χ2n) is 6.58. The lowest BCUT2D eigenvalue weighted by molar-refractivity contribution is -0.120. The van der Waals surface area contributed by atoms with Gasteiger partial charge < -0.3 is 11.1 Å². The van der Waals surface area contributed by atoms with Crippen LogP contribution in [0.15, 0.2) is 64.8 Å². The quantitative estimate of drug-likeness (QED) is 0.477. The van der Waals surface area contributed by atoms with E-state index >= 15 is 0 Å². The van der Waals surface area contributed by atoms with E-state index in [0.717, 1.165) is 10.6 Å². The summed E-state index contributed by atoms with van der Waals surface area (Å²) in [5, 5.41) is 20.3. The second-order valence-corrected chi connectivity index (χ2v) is 6.58. The number of nitrogens with two attached hydrogens (primary N) is 1. The minimum Gasteiger partial charge on any atom is -0.385 e. The van der Waals surface area contributed by atoms with Crippen LogP contribution in [0.3, 0.4) is 0 Å². The molecule has 10 nitrogen and oxygen atoms in total. The van der Waals surface area contributed by atoms with Crippen molar-refractivity contribution in [2.45, 2.75) is 13.3 Å². The summed E-state index contributed by atoms with van der Waals surface area (Å²) in [6, 6.07) is 17.3. The van der Waals surface area contributed by atoms with Gasteiger partial charge in [-0.2, -0.15) is 20.5 Å². The van der Waals surface area contributed by atoms with Gasteiger partial charge in [0, 0.05) is 5.69 Å². The van der Waals surface area contributed by atoms with E-state index in [4.69, 9.17) is 11.0 Å². The van der Waals surface area contributed by atoms with E-state index in [1.54, 1.807) is 61.5 Å². The molecule has 3 rings (SSSR count). The van der Waals surface area contributed by atoms with Crippen LogP contribution in [0.25, 0.3) is 0 Å². The van der Waals surface area contributed by atoms with E-state index in [0.29, 0.717) is 11.4 Å². The molecule has 2 aromatic carbocycles. The van der Waals surface area contributed by atoms with Gasteiger partial charge in [0.05, 0.1) is 11.8 Å². The van der Waals surface area contributed by atoms with E-state index in [2.05, 4.69) is 20.9 Å². The zero-order chi connectivity index (χ0) is 22.4. The number of benzene rings is 2. The fourth-order valence-electron chi connectivity index (χ4n) is 2.86. The SMILES string of the molecule is Cc1ccccc1NC(=O)/C(=N/NC(=O)CC#N)C1C(=O)N(c2ccccc2)N=C1N. The Balaban J connectivity index is 1.93. The number of nitrogens with zero attached hydrogens (tertiary/aromatic N) is 4. The van der Waals surface area contributed by atoms with Gasteiger partial charge in [0.2, 0.25) is 0 Å². The first kappa shape index (κ1) is 21.2. The molecule has 4 N–H and O–H groups in total. The summed E-state index contributed by atoms with van der Waals surface area (Å²) in [6.07, 6.45) is -0.464. The number of rotatable bonds is 6. The molecular weight excluding hydrogens is 398 g/mol. The van der Waals surface area contributed by atoms with Gasteiger partial charge in [0.15, 0.2) is 0 Å². The molecule has 2 aromatic rings. The summed E-state index contributed by atoms with van der Waals surface area (Å²) >= 11 is 0. The molecule has 156 valence electrons. The number of aryl methyl sites for hydroxylation is 1. The predicted molar refractivity (Wildman–Crippen MR) is 115 cm³/mol. The third kappa shape index (κ3) is 4.73. The van der Waals surface area contributed by atoms with Crippen molar-refractivity contribution < 1.29 is 14.4 Å². The standard InChI is InChI=1S/C21H19N7O3/c1-13-7-5-6-10-15(13)24-20(30)18(26-25-16(29)11-12-22)17-19(23)27-28(21(17)31)14-8-3-2-4-9-14/h2-10,17H,11H2,1H3,(H2,23,27)(H,24,30)(H,25,29)/b26-18+. The Morgan fingerprint density at radius 1 is 1.19 bits per heavy atom. The molecule has 0 radical (unpaired) electrons. The van der Waals surface area contributed by atoms with Crippen molar-refractivity contribution in [3.8, 4) is 6.07 Å². The predicted octanol–water partition coefficient (Wildman–Crippen LogP) is 1.25. The smallest absolute Gasteiger partial charge is 0.273 e. The molecule has 0 aliphatic carbocycles. The molecule has 31 heavy (non-hydrogen) atoms. The third-order valence-electron chi connectivity index (χ3n) is 4.41. The van der Waals surface area contributed by atoms with E-state index in [1.165, 1.54) is 0 Å². The van der Waals surface area contributed by atoms with Gasteiger partial charge in [0.25, 0.3) is 17.7 Å². The van der Waals surface area contributed by atoms with Gasteiger partial charge in [-0.15, -0.1) is 0 Å². The van der Waals surface area contributed by atoms with Crippen LogP contribution >= 0.6 is 0 Å². The number of hydrazone groups is 2. The number of para-hydroxylation sites is 2. The van der Waals surface area contributed by atoms with Crippen LogP contribution < -0.4 is 21.5 Å². The number of nitrogens with one attached hydrogen (secondary N) is 2. The molecule has 0 spiro atoms. The summed E-state index contributed by atoms with van der Waals surface area (Å²) in [5.41, 5.74) is 9.51. The Morgan fingerprint density at radius 3 is 2.55 bits per heavy atom. The van der Waals surface area contributed by atoms with Gasteiger partial charge in [0.1, 0.15) is 23.9 Å². The van der Waals surface area contributed by atoms with Gasteiger partial charge in [-0.25, -0.2) is 5.43 Å². The first-order valence-corrected chi connectivity index (χ1v) is 9.25. The first-order chi connectivity index (χ1) is 14.9. The van der Waals surface area contributed by atoms with Crippen LogP contribution in [0.5, 0.6) is 0 Å². The number of amidine groups is 1. The molecule has 0 saturated heterocycles. The van der Waals surface area contributed by atoms with Crippen molar-refractivity contribution >= 4 is 40.6 Å². The highest BCUT2D eigenvalue weighted by Crippen LogP contribution is 2.24. The molecule has 0 fully saturated rings. The zero-order valence-electron chi connectivity index (χ0n) is 16.6. The highest BCUT2D eigenvalue weighted by Gasteiger charge is 2.42. The normalized spacial score (nSPS) is 15.8. The molecular formula is C21H19N7O3. The number of amides is 3. The fraction of sp³-hybridized carbons (Fsp3) is 0.143. The van der Waals surface area contributed by atoms with Crippen molar-refractivity contribution in [1.82, 2.24) is 5.43 Å². The Kier molecular flexibility index (Phi) is 6.37. The van der Waals surface area contributed by atoms with Crippen molar-refractivity contribution in [1.29, 1.82) is 5.26 Å². The molecule has 1 aliphatic rings. The lowest BCUT2D eigenvalue weighted by Gasteiger charge is -2.16. The molecule has 1 aliphatic heterocycles. The monoisotopic (exact) mass is 417 g/mol. The number of hydrogen-bond donors (Lipinski definition) is 3. The van der Waals surface area contributed by atoms with Crippen LogP contribution in [0.4, 0.5) is 11.4 Å². The van der Waals surface area contributed by atoms with Crippen molar-refractivity contribution in [3.05, 3.63) is 60.2 Å². The lowest BCUT2D eigenvalue weighted by Crippen LogP contribution is -2.43. The van der Waals surface area contributed by atoms with Crippen LogP contribution in [-0.2, 0) is 14.4 Å². The minimum absolute atomic E-state index is 0.151. The van der Waals surface area contributed by atoms with Crippen molar-refractivity contribution in [2.75, 3.05) is 10.3 Å². The maximum atomic E-state index is 13.1. The van der Waals surface area contributed by atoms with Gasteiger partial charge >= 0.3 is 0 Å². The number of nitriles is 1. The number of carbonyl (C=O) groups is 3. The minimum atomic E-state index is -1.31. The summed E-state index contributed by atoms with van der Waals surface area (Å²) < 4.78 is 0. The maximum absolute atomic E-state index is 13.1. The van der Waals surface area contributed by atoms with E-state index < -0.39 is 30.1 Å². The average molecular weight is 417 g/mol. The van der Waals surface area contributed by atoms with Crippen molar-refractivity contribution in [3.63, 3.8) is 0 Å². The van der Waals surface area contributed by atoms with Crippen LogP contribution in [0.1, 0.15) is 12.0 Å². The van der Waals surface area contributed by atoms with E-state index in [9.17, 15) is 14.4 Å².